The summed E-state index contributed by atoms with van der Waals surface area (Å²) in [6.07, 6.45) is 3.45. The van der Waals surface area contributed by atoms with Crippen LogP contribution < -0.4 is 5.32 Å². The smallest absolute Gasteiger partial charge is 0.255 e. The summed E-state index contributed by atoms with van der Waals surface area (Å²) in [5, 5.41) is 10.5. The van der Waals surface area contributed by atoms with E-state index in [1.807, 2.05) is 6.92 Å². The quantitative estimate of drug-likeness (QED) is 0.839. The summed E-state index contributed by atoms with van der Waals surface area (Å²) >= 11 is 0. The Morgan fingerprint density at radius 2 is 2.08 bits per heavy atom. The molecule has 0 unspecified atom stereocenters. The molecule has 138 valence electrons. The van der Waals surface area contributed by atoms with Crippen LogP contribution in [0.2, 0.25) is 0 Å². The maximum atomic E-state index is 12.7. The number of nitrogens with zero attached hydrogens (tertiary/aromatic N) is 2. The molecule has 1 saturated heterocycles. The standard InChI is InChI=1S/C21H28N4O/c1-14-5-3-4-6-18(14)13-25-10-9-16(12-25)11-22-21(26)19-15(2)23-24-20(19)17-7-8-17/h3-6,16-17H,7-13H2,1-2H3,(H,22,26)(H,23,24)/t16-/m0/s1. The van der Waals surface area contributed by atoms with Gasteiger partial charge in [0, 0.05) is 31.2 Å². The molecule has 1 saturated carbocycles. The number of H-pyrrole nitrogens is 1. The molecule has 2 aromatic rings. The second-order valence-corrected chi connectivity index (χ2v) is 7.91. The Morgan fingerprint density at radius 1 is 1.27 bits per heavy atom. The Bertz CT molecular complexity index is 793. The summed E-state index contributed by atoms with van der Waals surface area (Å²) in [5.41, 5.74) is 5.39. The number of amides is 1. The molecule has 1 aliphatic carbocycles. The normalized spacial score (nSPS) is 20.5. The minimum atomic E-state index is 0.0375. The van der Waals surface area contributed by atoms with Crippen molar-refractivity contribution in [3.8, 4) is 0 Å². The molecule has 1 aliphatic heterocycles. The first kappa shape index (κ1) is 17.3. The maximum Gasteiger partial charge on any atom is 0.255 e. The summed E-state index contributed by atoms with van der Waals surface area (Å²) in [6, 6.07) is 8.59. The lowest BCUT2D eigenvalue weighted by molar-refractivity contribution is 0.0945. The fourth-order valence-corrected chi connectivity index (χ4v) is 3.96. The number of aromatic amines is 1. The summed E-state index contributed by atoms with van der Waals surface area (Å²) in [5.74, 6) is 1.05. The maximum absolute atomic E-state index is 12.7. The molecular formula is C21H28N4O. The Balaban J connectivity index is 1.30. The third-order valence-electron chi connectivity index (χ3n) is 5.74. The first-order valence-corrected chi connectivity index (χ1v) is 9.71. The second kappa shape index (κ2) is 7.23. The van der Waals surface area contributed by atoms with Crippen LogP contribution in [0.5, 0.6) is 0 Å². The number of rotatable bonds is 6. The van der Waals surface area contributed by atoms with Crippen molar-refractivity contribution in [3.05, 3.63) is 52.3 Å². The van der Waals surface area contributed by atoms with Gasteiger partial charge in [-0.05, 0) is 56.7 Å². The van der Waals surface area contributed by atoms with Crippen LogP contribution in [-0.2, 0) is 6.54 Å². The summed E-state index contributed by atoms with van der Waals surface area (Å²) in [6.45, 7) is 8.02. The van der Waals surface area contributed by atoms with Gasteiger partial charge in [0.15, 0.2) is 0 Å². The number of hydrogen-bond donors (Lipinski definition) is 2. The molecule has 26 heavy (non-hydrogen) atoms. The molecule has 1 atom stereocenters. The van der Waals surface area contributed by atoms with Crippen molar-refractivity contribution in [2.75, 3.05) is 19.6 Å². The molecule has 0 radical (unpaired) electrons. The van der Waals surface area contributed by atoms with E-state index in [-0.39, 0.29) is 5.91 Å². The van der Waals surface area contributed by atoms with Crippen LogP contribution in [0.25, 0.3) is 0 Å². The number of nitrogens with one attached hydrogen (secondary N) is 2. The number of aryl methyl sites for hydroxylation is 2. The Hall–Kier alpha value is -2.14. The molecule has 1 aromatic carbocycles. The van der Waals surface area contributed by atoms with Crippen molar-refractivity contribution in [2.45, 2.75) is 45.6 Å². The van der Waals surface area contributed by atoms with Crippen molar-refractivity contribution in [1.29, 1.82) is 0 Å². The minimum absolute atomic E-state index is 0.0375. The molecule has 0 bridgehead atoms. The number of carbonyl (C=O) groups is 1. The first-order valence-electron chi connectivity index (χ1n) is 9.71. The fraction of sp³-hybridized carbons (Fsp3) is 0.524. The van der Waals surface area contributed by atoms with Gasteiger partial charge in [-0.1, -0.05) is 24.3 Å². The molecule has 4 rings (SSSR count). The second-order valence-electron chi connectivity index (χ2n) is 7.91. The van der Waals surface area contributed by atoms with Crippen LogP contribution in [0.4, 0.5) is 0 Å². The molecular weight excluding hydrogens is 324 g/mol. The van der Waals surface area contributed by atoms with E-state index in [1.54, 1.807) is 0 Å². The highest BCUT2D eigenvalue weighted by Gasteiger charge is 2.32. The molecule has 2 heterocycles. The summed E-state index contributed by atoms with van der Waals surface area (Å²) < 4.78 is 0. The van der Waals surface area contributed by atoms with Gasteiger partial charge in [0.25, 0.3) is 5.91 Å². The average molecular weight is 352 g/mol. The highest BCUT2D eigenvalue weighted by Crippen LogP contribution is 2.41. The highest BCUT2D eigenvalue weighted by atomic mass is 16.1. The number of benzene rings is 1. The molecule has 5 heteroatoms. The SMILES string of the molecule is Cc1ccccc1CN1CC[C@@H](CNC(=O)c2c(C3CC3)n[nH]c2C)C1. The van der Waals surface area contributed by atoms with Crippen LogP contribution in [0, 0.1) is 19.8 Å². The van der Waals surface area contributed by atoms with Gasteiger partial charge in [-0.25, -0.2) is 0 Å². The van der Waals surface area contributed by atoms with Crippen LogP contribution in [0.1, 0.15) is 58.1 Å². The molecule has 1 amide bonds. The Kier molecular flexibility index (Phi) is 4.81. The van der Waals surface area contributed by atoms with Gasteiger partial charge in [-0.3, -0.25) is 14.8 Å². The Labute approximate surface area is 155 Å². The molecule has 2 aliphatic rings. The molecule has 5 nitrogen and oxygen atoms in total. The van der Waals surface area contributed by atoms with Crippen LogP contribution >= 0.6 is 0 Å². The topological polar surface area (TPSA) is 61.0 Å². The number of likely N-dealkylation sites (tertiary alicyclic amines) is 1. The molecule has 0 spiro atoms. The summed E-state index contributed by atoms with van der Waals surface area (Å²) in [7, 11) is 0. The minimum Gasteiger partial charge on any atom is -0.352 e. The van der Waals surface area contributed by atoms with E-state index in [9.17, 15) is 4.79 Å². The molecule has 1 aromatic heterocycles. The van der Waals surface area contributed by atoms with Gasteiger partial charge < -0.3 is 5.32 Å². The van der Waals surface area contributed by atoms with Gasteiger partial charge in [0.1, 0.15) is 0 Å². The lowest BCUT2D eigenvalue weighted by Crippen LogP contribution is -2.31. The lowest BCUT2D eigenvalue weighted by Gasteiger charge is -2.17. The largest absolute Gasteiger partial charge is 0.352 e. The first-order chi connectivity index (χ1) is 12.6. The zero-order valence-corrected chi connectivity index (χ0v) is 15.7. The zero-order valence-electron chi connectivity index (χ0n) is 15.7. The lowest BCUT2D eigenvalue weighted by atomic mass is 10.1. The van der Waals surface area contributed by atoms with Gasteiger partial charge in [-0.15, -0.1) is 0 Å². The predicted octanol–water partition coefficient (Wildman–Crippen LogP) is 3.16. The molecule has 2 fully saturated rings. The van der Waals surface area contributed by atoms with E-state index in [1.165, 1.54) is 11.1 Å². The third kappa shape index (κ3) is 3.68. The van der Waals surface area contributed by atoms with E-state index < -0.39 is 0 Å². The summed E-state index contributed by atoms with van der Waals surface area (Å²) in [4.78, 5) is 15.2. The van der Waals surface area contributed by atoms with E-state index in [4.69, 9.17) is 0 Å². The van der Waals surface area contributed by atoms with Crippen molar-refractivity contribution in [2.24, 2.45) is 5.92 Å². The fourth-order valence-electron chi connectivity index (χ4n) is 3.96. The predicted molar refractivity (Wildman–Crippen MR) is 102 cm³/mol. The zero-order chi connectivity index (χ0) is 18.1. The number of aromatic nitrogens is 2. The van der Waals surface area contributed by atoms with Gasteiger partial charge in [-0.2, -0.15) is 5.10 Å². The van der Waals surface area contributed by atoms with E-state index in [0.29, 0.717) is 11.8 Å². The van der Waals surface area contributed by atoms with E-state index >= 15 is 0 Å². The van der Waals surface area contributed by atoms with Crippen LogP contribution in [-0.4, -0.2) is 40.6 Å². The van der Waals surface area contributed by atoms with Gasteiger partial charge >= 0.3 is 0 Å². The molecule has 2 N–H and O–H groups in total. The Morgan fingerprint density at radius 3 is 2.85 bits per heavy atom. The monoisotopic (exact) mass is 352 g/mol. The van der Waals surface area contributed by atoms with E-state index in [0.717, 1.165) is 62.4 Å². The van der Waals surface area contributed by atoms with Crippen LogP contribution in [0.15, 0.2) is 24.3 Å². The van der Waals surface area contributed by atoms with E-state index in [2.05, 4.69) is 51.6 Å². The van der Waals surface area contributed by atoms with Crippen molar-refractivity contribution in [3.63, 3.8) is 0 Å². The van der Waals surface area contributed by atoms with Gasteiger partial charge in [0.2, 0.25) is 0 Å². The number of hydrogen-bond acceptors (Lipinski definition) is 3. The van der Waals surface area contributed by atoms with Crippen LogP contribution in [0.3, 0.4) is 0 Å². The van der Waals surface area contributed by atoms with Crippen molar-refractivity contribution >= 4 is 5.91 Å². The highest BCUT2D eigenvalue weighted by molar-refractivity contribution is 5.96. The number of carbonyl (C=O) groups excluding carboxylic acids is 1. The van der Waals surface area contributed by atoms with Crippen molar-refractivity contribution < 1.29 is 4.79 Å². The van der Waals surface area contributed by atoms with Crippen molar-refractivity contribution in [1.82, 2.24) is 20.4 Å². The third-order valence-corrected chi connectivity index (χ3v) is 5.74. The van der Waals surface area contributed by atoms with Gasteiger partial charge in [0.05, 0.1) is 11.3 Å². The average Bonchev–Trinajstić information content (AvgIpc) is 3.26.